The number of aromatic nitrogens is 1. The number of thiazole rings is 1. The minimum absolute atomic E-state index is 0.0315. The molecule has 0 saturated carbocycles. The summed E-state index contributed by atoms with van der Waals surface area (Å²) < 4.78 is 5.09. The number of methoxy groups -OCH3 is 1. The van der Waals surface area contributed by atoms with Gasteiger partial charge in [-0.2, -0.15) is 0 Å². The van der Waals surface area contributed by atoms with Crippen molar-refractivity contribution >= 4 is 23.3 Å². The first kappa shape index (κ1) is 16.1. The van der Waals surface area contributed by atoms with Crippen LogP contribution in [0.25, 0.3) is 6.08 Å². The summed E-state index contributed by atoms with van der Waals surface area (Å²) in [5.74, 6) is -0.0315. The highest BCUT2D eigenvalue weighted by Gasteiger charge is 2.19. The molecule has 21 heavy (non-hydrogen) atoms. The summed E-state index contributed by atoms with van der Waals surface area (Å²) in [5.41, 5.74) is 0.849. The lowest BCUT2D eigenvalue weighted by molar-refractivity contribution is -0.117. The number of hydrogen-bond donors (Lipinski definition) is 1. The first-order valence-electron chi connectivity index (χ1n) is 7.29. The Kier molecular flexibility index (Phi) is 6.35. The Labute approximate surface area is 130 Å². The van der Waals surface area contributed by atoms with Crippen molar-refractivity contribution in [3.63, 3.8) is 0 Å². The second kappa shape index (κ2) is 8.26. The van der Waals surface area contributed by atoms with Crippen LogP contribution < -0.4 is 5.32 Å². The molecule has 0 bridgehead atoms. The second-order valence-electron chi connectivity index (χ2n) is 5.24. The van der Waals surface area contributed by atoms with Gasteiger partial charge < -0.3 is 15.0 Å². The average Bonchev–Trinajstić information content (AvgIpc) is 2.90. The Morgan fingerprint density at radius 3 is 2.95 bits per heavy atom. The van der Waals surface area contributed by atoms with E-state index in [9.17, 15) is 4.79 Å². The van der Waals surface area contributed by atoms with Crippen molar-refractivity contribution in [1.82, 2.24) is 15.2 Å². The van der Waals surface area contributed by atoms with E-state index in [1.165, 1.54) is 0 Å². The molecule has 116 valence electrons. The predicted octanol–water partition coefficient (Wildman–Crippen LogP) is 1.69. The van der Waals surface area contributed by atoms with E-state index in [0.717, 1.165) is 49.8 Å². The molecule has 1 amide bonds. The first-order valence-corrected chi connectivity index (χ1v) is 8.17. The van der Waals surface area contributed by atoms with Crippen molar-refractivity contribution < 1.29 is 9.53 Å². The Bertz CT molecular complexity index is 479. The highest BCUT2D eigenvalue weighted by Crippen LogP contribution is 2.11. The quantitative estimate of drug-likeness (QED) is 0.813. The Hall–Kier alpha value is -1.24. The molecule has 1 aromatic heterocycles. The number of nitrogens with zero attached hydrogens (tertiary/aromatic N) is 2. The number of ether oxygens (including phenoxy) is 1. The van der Waals surface area contributed by atoms with Crippen LogP contribution in [0.1, 0.15) is 23.5 Å². The normalized spacial score (nSPS) is 17.4. The number of amides is 1. The fourth-order valence-electron chi connectivity index (χ4n) is 2.39. The van der Waals surface area contributed by atoms with Gasteiger partial charge in [-0.3, -0.25) is 4.79 Å². The molecule has 2 rings (SSSR count). The topological polar surface area (TPSA) is 54.5 Å². The van der Waals surface area contributed by atoms with Gasteiger partial charge in [0.2, 0.25) is 5.91 Å². The summed E-state index contributed by atoms with van der Waals surface area (Å²) in [6.07, 6.45) is 5.34. The highest BCUT2D eigenvalue weighted by atomic mass is 32.1. The number of carbonyl (C=O) groups is 1. The van der Waals surface area contributed by atoms with Gasteiger partial charge in [-0.15, -0.1) is 11.3 Å². The summed E-state index contributed by atoms with van der Waals surface area (Å²) in [7, 11) is 1.73. The van der Waals surface area contributed by atoms with Crippen LogP contribution in [0.2, 0.25) is 0 Å². The van der Waals surface area contributed by atoms with Crippen molar-refractivity contribution in [1.29, 1.82) is 0 Å². The first-order chi connectivity index (χ1) is 10.2. The average molecular weight is 309 g/mol. The Morgan fingerprint density at radius 1 is 1.57 bits per heavy atom. The van der Waals surface area contributed by atoms with Crippen molar-refractivity contribution in [3.05, 3.63) is 22.2 Å². The largest absolute Gasteiger partial charge is 0.383 e. The van der Waals surface area contributed by atoms with Crippen molar-refractivity contribution in [2.45, 2.75) is 25.8 Å². The van der Waals surface area contributed by atoms with E-state index in [-0.39, 0.29) is 11.9 Å². The van der Waals surface area contributed by atoms with Gasteiger partial charge in [0.15, 0.2) is 0 Å². The number of carbonyl (C=O) groups excluding carboxylic acids is 1. The van der Waals surface area contributed by atoms with Crippen molar-refractivity contribution in [2.75, 3.05) is 33.4 Å². The lowest BCUT2D eigenvalue weighted by atomic mass is 10.1. The van der Waals surface area contributed by atoms with Gasteiger partial charge >= 0.3 is 0 Å². The summed E-state index contributed by atoms with van der Waals surface area (Å²) in [6, 6.07) is 0.276. The van der Waals surface area contributed by atoms with E-state index < -0.39 is 0 Å². The molecule has 6 heteroatoms. The van der Waals surface area contributed by atoms with E-state index in [4.69, 9.17) is 4.74 Å². The van der Waals surface area contributed by atoms with Crippen LogP contribution in [-0.2, 0) is 9.53 Å². The van der Waals surface area contributed by atoms with E-state index in [0.29, 0.717) is 0 Å². The molecule has 0 spiro atoms. The van der Waals surface area contributed by atoms with Crippen LogP contribution in [0.3, 0.4) is 0 Å². The molecule has 0 radical (unpaired) electrons. The van der Waals surface area contributed by atoms with Gasteiger partial charge in [-0.1, -0.05) is 0 Å². The number of rotatable bonds is 6. The maximum atomic E-state index is 11.9. The summed E-state index contributed by atoms with van der Waals surface area (Å²) >= 11 is 1.59. The molecule has 2 heterocycles. The molecular formula is C15H23N3O2S. The fraction of sp³-hybridized carbons (Fsp3) is 0.600. The van der Waals surface area contributed by atoms with E-state index in [1.54, 1.807) is 30.6 Å². The third-order valence-electron chi connectivity index (χ3n) is 3.59. The minimum atomic E-state index is -0.0315. The van der Waals surface area contributed by atoms with Gasteiger partial charge in [0.1, 0.15) is 0 Å². The molecule has 1 aliphatic rings. The van der Waals surface area contributed by atoms with Crippen LogP contribution >= 0.6 is 11.3 Å². The molecule has 5 nitrogen and oxygen atoms in total. The molecule has 1 saturated heterocycles. The monoisotopic (exact) mass is 309 g/mol. The summed E-state index contributed by atoms with van der Waals surface area (Å²) in [6.45, 7) is 5.74. The zero-order chi connectivity index (χ0) is 15.1. The lowest BCUT2D eigenvalue weighted by Gasteiger charge is -2.31. The molecule has 0 atom stereocenters. The number of piperidine rings is 1. The number of likely N-dealkylation sites (tertiary alicyclic amines) is 1. The molecule has 1 aliphatic heterocycles. The molecule has 1 N–H and O–H groups in total. The van der Waals surface area contributed by atoms with Gasteiger partial charge in [0.25, 0.3) is 0 Å². The maximum absolute atomic E-state index is 11.9. The standard InChI is InChI=1S/C15H23N3O2S/c1-12-16-14(11-21-12)3-4-15(19)17-13-5-7-18(8-6-13)9-10-20-2/h3-4,11,13H,5-10H2,1-2H3,(H,17,19). The molecule has 1 fully saturated rings. The Morgan fingerprint density at radius 2 is 2.33 bits per heavy atom. The molecule has 0 unspecified atom stereocenters. The molecule has 0 aromatic carbocycles. The van der Waals surface area contributed by atoms with Gasteiger partial charge in [0, 0.05) is 44.2 Å². The van der Waals surface area contributed by atoms with E-state index >= 15 is 0 Å². The van der Waals surface area contributed by atoms with E-state index in [1.807, 2.05) is 12.3 Å². The third-order valence-corrected chi connectivity index (χ3v) is 4.38. The van der Waals surface area contributed by atoms with E-state index in [2.05, 4.69) is 15.2 Å². The summed E-state index contributed by atoms with van der Waals surface area (Å²) in [4.78, 5) is 18.6. The van der Waals surface area contributed by atoms with Crippen LogP contribution in [-0.4, -0.2) is 55.2 Å². The third kappa shape index (κ3) is 5.57. The van der Waals surface area contributed by atoms with Crippen LogP contribution in [0.4, 0.5) is 0 Å². The second-order valence-corrected chi connectivity index (χ2v) is 6.30. The Balaban J connectivity index is 1.70. The molecular weight excluding hydrogens is 286 g/mol. The van der Waals surface area contributed by atoms with Gasteiger partial charge in [0.05, 0.1) is 17.3 Å². The minimum Gasteiger partial charge on any atom is -0.383 e. The van der Waals surface area contributed by atoms with Crippen molar-refractivity contribution in [2.24, 2.45) is 0 Å². The predicted molar refractivity (Wildman–Crippen MR) is 85.4 cm³/mol. The SMILES string of the molecule is COCCN1CCC(NC(=O)C=Cc2csc(C)n2)CC1. The fourth-order valence-corrected chi connectivity index (χ4v) is 2.97. The number of aryl methyl sites for hydroxylation is 1. The lowest BCUT2D eigenvalue weighted by Crippen LogP contribution is -2.45. The van der Waals surface area contributed by atoms with Gasteiger partial charge in [-0.25, -0.2) is 4.98 Å². The zero-order valence-corrected chi connectivity index (χ0v) is 13.5. The molecule has 0 aliphatic carbocycles. The van der Waals surface area contributed by atoms with Crippen molar-refractivity contribution in [3.8, 4) is 0 Å². The molecule has 1 aromatic rings. The zero-order valence-electron chi connectivity index (χ0n) is 12.7. The van der Waals surface area contributed by atoms with Crippen LogP contribution in [0.15, 0.2) is 11.5 Å². The van der Waals surface area contributed by atoms with Crippen LogP contribution in [0.5, 0.6) is 0 Å². The van der Waals surface area contributed by atoms with Crippen LogP contribution in [0, 0.1) is 6.92 Å². The highest BCUT2D eigenvalue weighted by molar-refractivity contribution is 7.09. The maximum Gasteiger partial charge on any atom is 0.244 e. The number of hydrogen-bond acceptors (Lipinski definition) is 5. The smallest absolute Gasteiger partial charge is 0.244 e. The number of nitrogens with one attached hydrogen (secondary N) is 1. The van der Waals surface area contributed by atoms with Gasteiger partial charge in [-0.05, 0) is 25.8 Å². The summed E-state index contributed by atoms with van der Waals surface area (Å²) in [5, 5.41) is 6.03.